The highest BCUT2D eigenvalue weighted by atomic mass is 32.2. The SMILES string of the molecule is CO/N=C(\C(=O)N[C@@H]1C(=O)N2C(C(=O)OCCOC(C)=O)=C(COC(N)=O)CS[C@H]12)c1ccco1. The van der Waals surface area contributed by atoms with Crippen LogP contribution in [0.1, 0.15) is 12.7 Å². The third kappa shape index (κ3) is 5.92. The molecule has 15 heteroatoms. The first-order chi connectivity index (χ1) is 16.7. The van der Waals surface area contributed by atoms with Crippen molar-refractivity contribution in [2.75, 3.05) is 32.7 Å². The summed E-state index contributed by atoms with van der Waals surface area (Å²) in [4.78, 5) is 66.3. The molecule has 0 aromatic carbocycles. The van der Waals surface area contributed by atoms with E-state index in [-0.39, 0.29) is 48.3 Å². The third-order valence-electron chi connectivity index (χ3n) is 4.69. The van der Waals surface area contributed by atoms with Crippen LogP contribution in [0.4, 0.5) is 4.79 Å². The van der Waals surface area contributed by atoms with Gasteiger partial charge in [-0.15, -0.1) is 11.8 Å². The number of ether oxygens (including phenoxy) is 3. The minimum atomic E-state index is -1.06. The molecule has 2 aliphatic rings. The van der Waals surface area contributed by atoms with Crippen molar-refractivity contribution in [3.8, 4) is 0 Å². The summed E-state index contributed by atoms with van der Waals surface area (Å²) in [6, 6.07) is 2.06. The average Bonchev–Trinajstić information content (AvgIpc) is 3.35. The van der Waals surface area contributed by atoms with Crippen LogP contribution in [0, 0.1) is 0 Å². The Hall–Kier alpha value is -4.01. The molecule has 3 N–H and O–H groups in total. The summed E-state index contributed by atoms with van der Waals surface area (Å²) in [5.41, 5.74) is 4.99. The second-order valence-electron chi connectivity index (χ2n) is 7.00. The molecule has 2 atom stereocenters. The molecule has 0 radical (unpaired) electrons. The Morgan fingerprint density at radius 2 is 2.00 bits per heavy atom. The second kappa shape index (κ2) is 11.4. The number of carbonyl (C=O) groups excluding carboxylic acids is 5. The number of nitrogens with zero attached hydrogens (tertiary/aromatic N) is 2. The Kier molecular flexibility index (Phi) is 8.35. The molecule has 2 aliphatic heterocycles. The quantitative estimate of drug-likeness (QED) is 0.103. The normalized spacial score (nSPS) is 19.3. The van der Waals surface area contributed by atoms with Crippen molar-refractivity contribution in [2.45, 2.75) is 18.3 Å². The van der Waals surface area contributed by atoms with Gasteiger partial charge in [-0.3, -0.25) is 19.3 Å². The lowest BCUT2D eigenvalue weighted by Crippen LogP contribution is -2.71. The van der Waals surface area contributed by atoms with Crippen LogP contribution in [0.25, 0.3) is 0 Å². The predicted octanol–water partition coefficient (Wildman–Crippen LogP) is -0.514. The highest BCUT2D eigenvalue weighted by Crippen LogP contribution is 2.40. The molecule has 0 bridgehead atoms. The predicted molar refractivity (Wildman–Crippen MR) is 117 cm³/mol. The number of furan rings is 1. The van der Waals surface area contributed by atoms with E-state index in [9.17, 15) is 24.0 Å². The van der Waals surface area contributed by atoms with Crippen molar-refractivity contribution in [3.63, 3.8) is 0 Å². The Morgan fingerprint density at radius 3 is 2.63 bits per heavy atom. The molecular weight excluding hydrogens is 488 g/mol. The number of hydrogen-bond acceptors (Lipinski definition) is 12. The van der Waals surface area contributed by atoms with Crippen LogP contribution in [0.2, 0.25) is 0 Å². The number of amides is 3. The maximum absolute atomic E-state index is 13.0. The van der Waals surface area contributed by atoms with Gasteiger partial charge in [0.1, 0.15) is 44.0 Å². The average molecular weight is 510 g/mol. The molecule has 1 aromatic heterocycles. The van der Waals surface area contributed by atoms with Crippen molar-refractivity contribution >= 4 is 47.3 Å². The Bertz CT molecular complexity index is 1070. The second-order valence-corrected chi connectivity index (χ2v) is 8.10. The molecule has 14 nitrogen and oxygen atoms in total. The van der Waals surface area contributed by atoms with E-state index in [2.05, 4.69) is 10.5 Å². The number of thioether (sulfide) groups is 1. The Balaban J connectivity index is 1.75. The Labute approximate surface area is 202 Å². The molecule has 3 amide bonds. The van der Waals surface area contributed by atoms with Crippen molar-refractivity contribution in [2.24, 2.45) is 10.9 Å². The van der Waals surface area contributed by atoms with Gasteiger partial charge in [-0.25, -0.2) is 9.59 Å². The van der Waals surface area contributed by atoms with Crippen LogP contribution in [-0.4, -0.2) is 84.6 Å². The van der Waals surface area contributed by atoms with Crippen LogP contribution >= 0.6 is 11.8 Å². The monoisotopic (exact) mass is 510 g/mol. The van der Waals surface area contributed by atoms with E-state index in [0.29, 0.717) is 0 Å². The van der Waals surface area contributed by atoms with E-state index >= 15 is 0 Å². The van der Waals surface area contributed by atoms with Crippen LogP contribution in [-0.2, 0) is 38.2 Å². The van der Waals surface area contributed by atoms with E-state index in [1.807, 2.05) is 0 Å². The van der Waals surface area contributed by atoms with E-state index in [0.717, 1.165) is 4.90 Å². The third-order valence-corrected chi connectivity index (χ3v) is 6.03. The number of β-lactam (4-membered cyclic amide) rings is 1. The van der Waals surface area contributed by atoms with Crippen LogP contribution in [0.15, 0.2) is 39.2 Å². The Morgan fingerprint density at radius 1 is 1.26 bits per heavy atom. The molecule has 1 saturated heterocycles. The number of primary amides is 1. The minimum absolute atomic E-state index is 0.132. The van der Waals surface area contributed by atoms with Gasteiger partial charge >= 0.3 is 18.0 Å². The zero-order valence-electron chi connectivity index (χ0n) is 18.7. The minimum Gasteiger partial charge on any atom is -0.462 e. The number of fused-ring (bicyclic) bond motifs is 1. The largest absolute Gasteiger partial charge is 0.462 e. The molecule has 0 aliphatic carbocycles. The van der Waals surface area contributed by atoms with Gasteiger partial charge in [0.2, 0.25) is 5.71 Å². The highest BCUT2D eigenvalue weighted by molar-refractivity contribution is 8.00. The van der Waals surface area contributed by atoms with Crippen molar-refractivity contribution in [1.29, 1.82) is 0 Å². The summed E-state index contributed by atoms with van der Waals surface area (Å²) in [7, 11) is 1.25. The molecule has 188 valence electrons. The first kappa shape index (κ1) is 25.6. The van der Waals surface area contributed by atoms with Gasteiger partial charge in [0.25, 0.3) is 11.8 Å². The maximum Gasteiger partial charge on any atom is 0.404 e. The number of rotatable bonds is 10. The van der Waals surface area contributed by atoms with Crippen LogP contribution in [0.3, 0.4) is 0 Å². The molecule has 1 aromatic rings. The van der Waals surface area contributed by atoms with Gasteiger partial charge in [-0.05, 0) is 12.1 Å². The van der Waals surface area contributed by atoms with E-state index < -0.39 is 41.3 Å². The van der Waals surface area contributed by atoms with Gasteiger partial charge in [-0.1, -0.05) is 5.16 Å². The first-order valence-corrected chi connectivity index (χ1v) is 11.1. The number of nitrogens with one attached hydrogen (secondary N) is 1. The smallest absolute Gasteiger partial charge is 0.404 e. The fourth-order valence-corrected chi connectivity index (χ4v) is 4.57. The number of nitrogens with two attached hydrogens (primary N) is 1. The van der Waals surface area contributed by atoms with Crippen molar-refractivity contribution < 1.29 is 47.4 Å². The van der Waals surface area contributed by atoms with Gasteiger partial charge in [0.05, 0.1) is 6.26 Å². The molecule has 35 heavy (non-hydrogen) atoms. The first-order valence-electron chi connectivity index (χ1n) is 10.1. The van der Waals surface area contributed by atoms with Gasteiger partial charge in [-0.2, -0.15) is 0 Å². The summed E-state index contributed by atoms with van der Waals surface area (Å²) < 4.78 is 19.8. The van der Waals surface area contributed by atoms with Crippen molar-refractivity contribution in [1.82, 2.24) is 10.2 Å². The fraction of sp³-hybridized carbons (Fsp3) is 0.400. The molecule has 3 rings (SSSR count). The molecule has 0 saturated carbocycles. The standard InChI is InChI=1S/C20H22N4O10S/c1-10(25)31-6-7-33-19(28)15-11(8-34-20(21)29)9-35-18-14(17(27)24(15)18)22-16(26)13(23-30-2)12-4-3-5-32-12/h3-5,14,18H,6-9H2,1-2H3,(H2,21,29)(H,22,26)/b23-13-/t14-,18-/m1/s1. The van der Waals surface area contributed by atoms with Gasteiger partial charge < -0.3 is 34.5 Å². The lowest BCUT2D eigenvalue weighted by Gasteiger charge is -2.49. The number of carbonyl (C=O) groups is 5. The van der Waals surface area contributed by atoms with Gasteiger partial charge in [0, 0.05) is 18.2 Å². The van der Waals surface area contributed by atoms with Crippen LogP contribution in [0.5, 0.6) is 0 Å². The zero-order valence-corrected chi connectivity index (χ0v) is 19.5. The summed E-state index contributed by atoms with van der Waals surface area (Å²) in [5.74, 6) is -2.45. The number of oxime groups is 1. The molecule has 1 fully saturated rings. The molecule has 0 unspecified atom stereocenters. The van der Waals surface area contributed by atoms with E-state index in [1.54, 1.807) is 6.07 Å². The maximum atomic E-state index is 13.0. The van der Waals surface area contributed by atoms with Crippen molar-refractivity contribution in [3.05, 3.63) is 35.4 Å². The summed E-state index contributed by atoms with van der Waals surface area (Å²) in [6.45, 7) is 0.425. The fourth-order valence-electron chi connectivity index (χ4n) is 3.24. The molecule has 3 heterocycles. The number of hydrogen-bond donors (Lipinski definition) is 2. The lowest BCUT2D eigenvalue weighted by atomic mass is 10.0. The lowest BCUT2D eigenvalue weighted by molar-refractivity contribution is -0.154. The summed E-state index contributed by atoms with van der Waals surface area (Å²) in [6.07, 6.45) is 0.288. The summed E-state index contributed by atoms with van der Waals surface area (Å²) in [5, 5.41) is 5.57. The molecular formula is C20H22N4O10S. The topological polar surface area (TPSA) is 189 Å². The summed E-state index contributed by atoms with van der Waals surface area (Å²) >= 11 is 1.23. The highest BCUT2D eigenvalue weighted by Gasteiger charge is 2.54. The molecule has 0 spiro atoms. The van der Waals surface area contributed by atoms with E-state index in [4.69, 9.17) is 29.2 Å². The van der Waals surface area contributed by atoms with Crippen LogP contribution < -0.4 is 11.1 Å². The zero-order chi connectivity index (χ0) is 25.5. The van der Waals surface area contributed by atoms with E-state index in [1.165, 1.54) is 38.1 Å². The van der Waals surface area contributed by atoms with Gasteiger partial charge in [0.15, 0.2) is 5.76 Å². The number of esters is 2.